The maximum Gasteiger partial charge on any atom is 0.344 e. The predicted octanol–water partition coefficient (Wildman–Crippen LogP) is 6.51. The van der Waals surface area contributed by atoms with Gasteiger partial charge in [-0.05, 0) is 59.5 Å². The molecule has 0 saturated carbocycles. The fraction of sp³-hybridized carbons (Fsp3) is 0.0345. The average molecular weight is 431 g/mol. The zero-order chi connectivity index (χ0) is 22.6. The zero-order valence-electron chi connectivity index (χ0n) is 17.8. The number of phenols is 1. The van der Waals surface area contributed by atoms with Gasteiger partial charge < -0.3 is 9.52 Å². The highest BCUT2D eigenvalue weighted by atomic mass is 16.4. The van der Waals surface area contributed by atoms with Crippen molar-refractivity contribution in [1.29, 1.82) is 0 Å². The van der Waals surface area contributed by atoms with Gasteiger partial charge in [0.2, 0.25) is 0 Å². The third-order valence-electron chi connectivity index (χ3n) is 5.52. The Bertz CT molecular complexity index is 1500. The van der Waals surface area contributed by atoms with Crippen molar-refractivity contribution < 1.29 is 9.52 Å². The Morgan fingerprint density at radius 3 is 2.36 bits per heavy atom. The van der Waals surface area contributed by atoms with Crippen LogP contribution in [0.1, 0.15) is 16.7 Å². The first-order chi connectivity index (χ1) is 16.2. The van der Waals surface area contributed by atoms with Gasteiger partial charge in [0, 0.05) is 17.2 Å². The van der Waals surface area contributed by atoms with Gasteiger partial charge in [-0.2, -0.15) is 0 Å². The van der Waals surface area contributed by atoms with Crippen LogP contribution >= 0.6 is 0 Å². The second-order valence-electron chi connectivity index (χ2n) is 7.85. The molecule has 0 aliphatic heterocycles. The summed E-state index contributed by atoms with van der Waals surface area (Å²) >= 11 is 0. The molecule has 4 aromatic carbocycles. The topological polar surface area (TPSA) is 62.8 Å². The van der Waals surface area contributed by atoms with Crippen LogP contribution in [0.15, 0.2) is 117 Å². The van der Waals surface area contributed by atoms with Crippen LogP contribution in [-0.4, -0.2) is 11.3 Å². The molecule has 1 heterocycles. The van der Waals surface area contributed by atoms with Crippen LogP contribution in [0.2, 0.25) is 0 Å². The maximum absolute atomic E-state index is 12.4. The van der Waals surface area contributed by atoms with Gasteiger partial charge in [-0.3, -0.25) is 4.99 Å². The Morgan fingerprint density at radius 1 is 0.788 bits per heavy atom. The minimum Gasteiger partial charge on any atom is -0.507 e. The van der Waals surface area contributed by atoms with Crippen molar-refractivity contribution >= 4 is 22.9 Å². The number of phenolic OH excluding ortho intramolecular Hbond substituents is 1. The van der Waals surface area contributed by atoms with Crippen LogP contribution in [0.25, 0.3) is 22.1 Å². The number of para-hydroxylation sites is 1. The van der Waals surface area contributed by atoms with Crippen molar-refractivity contribution in [2.75, 3.05) is 0 Å². The molecule has 0 aliphatic carbocycles. The lowest BCUT2D eigenvalue weighted by molar-refractivity contribution is 0.474. The van der Waals surface area contributed by atoms with Crippen LogP contribution in [-0.2, 0) is 6.42 Å². The Morgan fingerprint density at radius 2 is 1.55 bits per heavy atom. The molecular weight excluding hydrogens is 410 g/mol. The van der Waals surface area contributed by atoms with Gasteiger partial charge in [-0.15, -0.1) is 0 Å². The van der Waals surface area contributed by atoms with E-state index in [2.05, 4.69) is 17.1 Å². The lowest BCUT2D eigenvalue weighted by Crippen LogP contribution is -2.02. The Hall–Kier alpha value is -4.44. The largest absolute Gasteiger partial charge is 0.507 e. The van der Waals surface area contributed by atoms with E-state index in [9.17, 15) is 9.90 Å². The molecule has 5 aromatic rings. The summed E-state index contributed by atoms with van der Waals surface area (Å²) in [6, 6.07) is 32.4. The standard InChI is InChI=1S/C29H21NO3/c31-27-15-10-21(16-20-6-2-1-3-7-20)17-24(27)19-30-25-13-11-22(12-14-25)26-18-23-8-4-5-9-28(23)33-29(26)32/h1-15,17-19,31H,16H2. The number of rotatable bonds is 5. The van der Waals surface area contributed by atoms with Crippen molar-refractivity contribution in [3.63, 3.8) is 0 Å². The van der Waals surface area contributed by atoms with E-state index in [0.29, 0.717) is 16.7 Å². The summed E-state index contributed by atoms with van der Waals surface area (Å²) in [5, 5.41) is 11.1. The molecule has 0 bridgehead atoms. The van der Waals surface area contributed by atoms with E-state index < -0.39 is 0 Å². The van der Waals surface area contributed by atoms with Gasteiger partial charge in [0.25, 0.3) is 0 Å². The molecule has 0 radical (unpaired) electrons. The van der Waals surface area contributed by atoms with Gasteiger partial charge in [0.05, 0.1) is 11.3 Å². The molecule has 160 valence electrons. The van der Waals surface area contributed by atoms with Crippen LogP contribution in [0, 0.1) is 0 Å². The van der Waals surface area contributed by atoms with E-state index in [1.54, 1.807) is 18.3 Å². The fourth-order valence-corrected chi connectivity index (χ4v) is 3.78. The molecule has 0 saturated heterocycles. The molecule has 0 amide bonds. The van der Waals surface area contributed by atoms with E-state index in [1.165, 1.54) is 5.56 Å². The highest BCUT2D eigenvalue weighted by molar-refractivity contribution is 5.86. The van der Waals surface area contributed by atoms with E-state index in [-0.39, 0.29) is 11.4 Å². The Labute approximate surface area is 191 Å². The summed E-state index contributed by atoms with van der Waals surface area (Å²) < 4.78 is 5.44. The molecular formula is C29H21NO3. The molecule has 5 rings (SSSR count). The minimum absolute atomic E-state index is 0.181. The number of nitrogens with zero attached hydrogens (tertiary/aromatic N) is 1. The predicted molar refractivity (Wildman–Crippen MR) is 133 cm³/mol. The van der Waals surface area contributed by atoms with Gasteiger partial charge in [-0.1, -0.05) is 66.7 Å². The average Bonchev–Trinajstić information content (AvgIpc) is 2.85. The first-order valence-corrected chi connectivity index (χ1v) is 10.7. The third kappa shape index (κ3) is 4.60. The van der Waals surface area contributed by atoms with Gasteiger partial charge in [0.1, 0.15) is 11.3 Å². The molecule has 33 heavy (non-hydrogen) atoms. The van der Waals surface area contributed by atoms with Crippen LogP contribution in [0.4, 0.5) is 5.69 Å². The number of aliphatic imine (C=N–C) groups is 1. The van der Waals surface area contributed by atoms with Crippen LogP contribution in [0.3, 0.4) is 0 Å². The number of hydrogen-bond acceptors (Lipinski definition) is 4. The molecule has 4 heteroatoms. The van der Waals surface area contributed by atoms with Crippen molar-refractivity contribution in [2.45, 2.75) is 6.42 Å². The van der Waals surface area contributed by atoms with E-state index in [1.807, 2.05) is 78.9 Å². The minimum atomic E-state index is -0.370. The highest BCUT2D eigenvalue weighted by Gasteiger charge is 2.08. The van der Waals surface area contributed by atoms with Gasteiger partial charge >= 0.3 is 5.63 Å². The van der Waals surface area contributed by atoms with Crippen molar-refractivity contribution in [3.8, 4) is 16.9 Å². The molecule has 4 nitrogen and oxygen atoms in total. The third-order valence-corrected chi connectivity index (χ3v) is 5.52. The summed E-state index contributed by atoms with van der Waals surface area (Å²) in [6.45, 7) is 0. The molecule has 0 atom stereocenters. The Kier molecular flexibility index (Phi) is 5.56. The summed E-state index contributed by atoms with van der Waals surface area (Å²) in [7, 11) is 0. The molecule has 0 spiro atoms. The highest BCUT2D eigenvalue weighted by Crippen LogP contribution is 2.24. The van der Waals surface area contributed by atoms with Crippen molar-refractivity contribution in [2.24, 2.45) is 4.99 Å². The number of benzene rings is 4. The SMILES string of the molecule is O=c1oc2ccccc2cc1-c1ccc(N=Cc2cc(Cc3ccccc3)ccc2O)cc1. The molecule has 0 fully saturated rings. The smallest absolute Gasteiger partial charge is 0.344 e. The lowest BCUT2D eigenvalue weighted by Gasteiger charge is -2.05. The first-order valence-electron chi connectivity index (χ1n) is 10.7. The van der Waals surface area contributed by atoms with Gasteiger partial charge in [-0.25, -0.2) is 4.79 Å². The Balaban J connectivity index is 1.37. The molecule has 0 aliphatic rings. The summed E-state index contributed by atoms with van der Waals surface area (Å²) in [4.78, 5) is 16.9. The monoisotopic (exact) mass is 431 g/mol. The lowest BCUT2D eigenvalue weighted by atomic mass is 10.0. The second-order valence-corrected chi connectivity index (χ2v) is 7.85. The molecule has 1 N–H and O–H groups in total. The van der Waals surface area contributed by atoms with Crippen LogP contribution in [0.5, 0.6) is 5.75 Å². The summed E-state index contributed by atoms with van der Waals surface area (Å²) in [5.41, 5.74) is 5.15. The van der Waals surface area contributed by atoms with E-state index in [0.717, 1.165) is 28.6 Å². The second kappa shape index (κ2) is 8.97. The maximum atomic E-state index is 12.4. The number of fused-ring (bicyclic) bond motifs is 1. The normalized spacial score (nSPS) is 11.3. The quantitative estimate of drug-likeness (QED) is 0.255. The van der Waals surface area contributed by atoms with Crippen molar-refractivity contribution in [3.05, 3.63) is 130 Å². The summed E-state index contributed by atoms with van der Waals surface area (Å²) in [6.07, 6.45) is 2.44. The fourth-order valence-electron chi connectivity index (χ4n) is 3.78. The zero-order valence-corrected chi connectivity index (χ0v) is 17.8. The van der Waals surface area contributed by atoms with Crippen molar-refractivity contribution in [1.82, 2.24) is 0 Å². The first kappa shape index (κ1) is 20.5. The number of hydrogen-bond donors (Lipinski definition) is 1. The van der Waals surface area contributed by atoms with E-state index in [4.69, 9.17) is 4.42 Å². The van der Waals surface area contributed by atoms with E-state index >= 15 is 0 Å². The van der Waals surface area contributed by atoms with Crippen LogP contribution < -0.4 is 5.63 Å². The molecule has 0 unspecified atom stereocenters. The summed E-state index contributed by atoms with van der Waals surface area (Å²) in [5.74, 6) is 0.181. The van der Waals surface area contributed by atoms with Gasteiger partial charge in [0.15, 0.2) is 0 Å². The number of aromatic hydroxyl groups is 1. The molecule has 1 aromatic heterocycles.